The van der Waals surface area contributed by atoms with Crippen molar-refractivity contribution in [2.45, 2.75) is 95.4 Å². The van der Waals surface area contributed by atoms with Gasteiger partial charge in [-0.1, -0.05) is 24.7 Å². The van der Waals surface area contributed by atoms with Gasteiger partial charge in [-0.15, -0.1) is 11.8 Å². The van der Waals surface area contributed by atoms with Crippen molar-refractivity contribution >= 4 is 17.6 Å². The van der Waals surface area contributed by atoms with Crippen LogP contribution in [0.25, 0.3) is 0 Å². The lowest BCUT2D eigenvalue weighted by atomic mass is 10.1. The standard InChI is InChI=1S/C15H20F3NO3.C12H20N2O2/c16-15(17,18)13(20)9-6-10-19-14(21)11-22-12-7-4-2-1-3-5-8-12;13-8-9-14-12(15)10-16-11-6-4-2-1-3-5-7-11/h12H,1-4,6-7,9-11H2,(H,19,21);11H,1-4,6,8-10,13H2,(H,14,15). The highest BCUT2D eigenvalue weighted by atomic mass is 19.4. The normalized spacial score (nSPS) is 19.3. The molecule has 11 heteroatoms. The quantitative estimate of drug-likeness (QED) is 0.257. The predicted octanol–water partition coefficient (Wildman–Crippen LogP) is 2.78. The van der Waals surface area contributed by atoms with Crippen LogP contribution in [0.5, 0.6) is 0 Å². The van der Waals surface area contributed by atoms with E-state index >= 15 is 0 Å². The highest BCUT2D eigenvalue weighted by Crippen LogP contribution is 2.18. The van der Waals surface area contributed by atoms with Gasteiger partial charge < -0.3 is 25.8 Å². The smallest absolute Gasteiger partial charge is 0.356 e. The van der Waals surface area contributed by atoms with Crippen molar-refractivity contribution < 1.29 is 37.0 Å². The van der Waals surface area contributed by atoms with Gasteiger partial charge in [0.1, 0.15) is 25.4 Å². The van der Waals surface area contributed by atoms with Crippen molar-refractivity contribution in [2.24, 2.45) is 5.73 Å². The van der Waals surface area contributed by atoms with Crippen LogP contribution < -0.4 is 16.4 Å². The highest BCUT2D eigenvalue weighted by Gasteiger charge is 2.37. The number of nitrogens with one attached hydrogen (secondary N) is 2. The first-order valence-corrected chi connectivity index (χ1v) is 13.3. The molecule has 38 heavy (non-hydrogen) atoms. The average Bonchev–Trinajstić information content (AvgIpc) is 2.83. The zero-order chi connectivity index (χ0) is 28.1. The number of ether oxygens (including phenoxy) is 2. The van der Waals surface area contributed by atoms with Gasteiger partial charge in [0.25, 0.3) is 0 Å². The van der Waals surface area contributed by atoms with Crippen LogP contribution in [0, 0.1) is 23.7 Å². The third-order valence-corrected chi connectivity index (χ3v) is 5.58. The van der Waals surface area contributed by atoms with E-state index in [4.69, 9.17) is 15.2 Å². The molecular weight excluding hydrogens is 503 g/mol. The number of rotatable bonds is 12. The first-order valence-electron chi connectivity index (χ1n) is 13.3. The average molecular weight is 544 g/mol. The second kappa shape index (κ2) is 20.4. The Morgan fingerprint density at radius 2 is 1.29 bits per heavy atom. The Labute approximate surface area is 223 Å². The van der Waals surface area contributed by atoms with E-state index in [1.54, 1.807) is 0 Å². The molecule has 2 amide bonds. The SMILES string of the molecule is NCCNC(=O)COC1C#CCCCCC1.O=C(COC1C#CCCCCC1)NCCCC(=O)C(F)(F)F. The number of nitrogens with two attached hydrogens (primary N) is 1. The van der Waals surface area contributed by atoms with Gasteiger partial charge >= 0.3 is 6.18 Å². The fourth-order valence-electron chi connectivity index (χ4n) is 3.49. The Morgan fingerprint density at radius 3 is 1.76 bits per heavy atom. The van der Waals surface area contributed by atoms with Crippen molar-refractivity contribution in [2.75, 3.05) is 32.8 Å². The Morgan fingerprint density at radius 1 is 0.789 bits per heavy atom. The van der Waals surface area contributed by atoms with Crippen LogP contribution in [0.4, 0.5) is 13.2 Å². The maximum Gasteiger partial charge on any atom is 0.449 e. The molecule has 0 aliphatic heterocycles. The Hall–Kier alpha value is -2.60. The summed E-state index contributed by atoms with van der Waals surface area (Å²) in [5, 5.41) is 5.09. The van der Waals surface area contributed by atoms with E-state index in [1.807, 2.05) is 0 Å². The molecule has 4 N–H and O–H groups in total. The van der Waals surface area contributed by atoms with Crippen LogP contribution in [0.2, 0.25) is 0 Å². The summed E-state index contributed by atoms with van der Waals surface area (Å²) in [6.07, 6.45) is 4.34. The number of Topliss-reactive ketones (excluding diaryl/α,β-unsaturated/α-hetero) is 1. The summed E-state index contributed by atoms with van der Waals surface area (Å²) in [4.78, 5) is 33.4. The van der Waals surface area contributed by atoms with Gasteiger partial charge in [-0.2, -0.15) is 13.2 Å². The number of hydrogen-bond donors (Lipinski definition) is 3. The second-order valence-corrected chi connectivity index (χ2v) is 8.95. The van der Waals surface area contributed by atoms with Crippen molar-refractivity contribution in [3.05, 3.63) is 0 Å². The number of carbonyl (C=O) groups is 3. The maximum atomic E-state index is 12.0. The summed E-state index contributed by atoms with van der Waals surface area (Å²) >= 11 is 0. The molecule has 2 aliphatic carbocycles. The second-order valence-electron chi connectivity index (χ2n) is 8.95. The van der Waals surface area contributed by atoms with Crippen LogP contribution in [0.3, 0.4) is 0 Å². The molecule has 0 aromatic rings. The molecule has 0 aromatic carbocycles. The first-order chi connectivity index (χ1) is 18.2. The van der Waals surface area contributed by atoms with Gasteiger partial charge in [0.05, 0.1) is 0 Å². The molecule has 0 fully saturated rings. The van der Waals surface area contributed by atoms with Crippen molar-refractivity contribution in [1.29, 1.82) is 0 Å². The molecule has 2 aliphatic rings. The molecule has 2 unspecified atom stereocenters. The summed E-state index contributed by atoms with van der Waals surface area (Å²) in [5.41, 5.74) is 5.28. The summed E-state index contributed by atoms with van der Waals surface area (Å²) in [5.74, 6) is 9.77. The minimum Gasteiger partial charge on any atom is -0.356 e. The van der Waals surface area contributed by atoms with E-state index in [0.29, 0.717) is 13.1 Å². The zero-order valence-electron chi connectivity index (χ0n) is 21.9. The number of amides is 2. The lowest BCUT2D eigenvalue weighted by molar-refractivity contribution is -0.171. The van der Waals surface area contributed by atoms with Crippen LogP contribution in [-0.2, 0) is 23.9 Å². The predicted molar refractivity (Wildman–Crippen MR) is 137 cm³/mol. The van der Waals surface area contributed by atoms with Crippen molar-refractivity contribution in [1.82, 2.24) is 10.6 Å². The lowest BCUT2D eigenvalue weighted by Gasteiger charge is -2.13. The molecule has 214 valence electrons. The summed E-state index contributed by atoms with van der Waals surface area (Å²) in [7, 11) is 0. The van der Waals surface area contributed by atoms with Gasteiger partial charge in [-0.3, -0.25) is 14.4 Å². The van der Waals surface area contributed by atoms with Gasteiger partial charge in [0, 0.05) is 38.9 Å². The summed E-state index contributed by atoms with van der Waals surface area (Å²) in [6.45, 7) is 0.875. The zero-order valence-corrected chi connectivity index (χ0v) is 21.9. The van der Waals surface area contributed by atoms with E-state index in [9.17, 15) is 27.6 Å². The largest absolute Gasteiger partial charge is 0.449 e. The number of alkyl halides is 3. The number of carbonyl (C=O) groups excluding carboxylic acids is 3. The van der Waals surface area contributed by atoms with E-state index in [2.05, 4.69) is 34.3 Å². The molecule has 0 spiro atoms. The Bertz CT molecular complexity index is 843. The third kappa shape index (κ3) is 17.8. The van der Waals surface area contributed by atoms with Crippen molar-refractivity contribution in [3.8, 4) is 23.7 Å². The molecule has 0 bridgehead atoms. The molecule has 0 radical (unpaired) electrons. The monoisotopic (exact) mass is 543 g/mol. The van der Waals surface area contributed by atoms with E-state index < -0.39 is 24.3 Å². The molecule has 0 aromatic heterocycles. The van der Waals surface area contributed by atoms with E-state index in [-0.39, 0.29) is 44.3 Å². The van der Waals surface area contributed by atoms with E-state index in [1.165, 1.54) is 12.8 Å². The number of halogens is 3. The molecule has 0 saturated heterocycles. The number of ketones is 1. The van der Waals surface area contributed by atoms with E-state index in [0.717, 1.165) is 51.4 Å². The number of hydrogen-bond acceptors (Lipinski definition) is 6. The summed E-state index contributed by atoms with van der Waals surface area (Å²) < 4.78 is 46.7. The van der Waals surface area contributed by atoms with Gasteiger partial charge in [-0.25, -0.2) is 0 Å². The summed E-state index contributed by atoms with van der Waals surface area (Å²) in [6, 6.07) is 0. The fraction of sp³-hybridized carbons (Fsp3) is 0.741. The molecule has 8 nitrogen and oxygen atoms in total. The minimum absolute atomic E-state index is 0.0142. The van der Waals surface area contributed by atoms with Gasteiger partial charge in [-0.05, 0) is 44.9 Å². The minimum atomic E-state index is -4.80. The lowest BCUT2D eigenvalue weighted by Crippen LogP contribution is -2.33. The van der Waals surface area contributed by atoms with Crippen LogP contribution >= 0.6 is 0 Å². The van der Waals surface area contributed by atoms with Gasteiger partial charge in [0.15, 0.2) is 0 Å². The molecule has 0 heterocycles. The maximum absolute atomic E-state index is 12.0. The van der Waals surface area contributed by atoms with Crippen molar-refractivity contribution in [3.63, 3.8) is 0 Å². The Kier molecular flexibility index (Phi) is 17.9. The van der Waals surface area contributed by atoms with Crippen LogP contribution in [0.1, 0.15) is 77.0 Å². The molecule has 2 atom stereocenters. The Balaban J connectivity index is 0.000000399. The first kappa shape index (κ1) is 33.4. The highest BCUT2D eigenvalue weighted by molar-refractivity contribution is 5.84. The van der Waals surface area contributed by atoms with Crippen LogP contribution in [-0.4, -0.2) is 68.8 Å². The topological polar surface area (TPSA) is 120 Å². The third-order valence-electron chi connectivity index (χ3n) is 5.58. The van der Waals surface area contributed by atoms with Gasteiger partial charge in [0.2, 0.25) is 17.6 Å². The molecule has 2 rings (SSSR count). The molecule has 0 saturated carbocycles. The van der Waals surface area contributed by atoms with Crippen LogP contribution in [0.15, 0.2) is 0 Å². The molecular formula is C27H40F3N3O5. The fourth-order valence-corrected chi connectivity index (χ4v) is 3.49.